The van der Waals surface area contributed by atoms with Crippen LogP contribution < -0.4 is 17.0 Å². The van der Waals surface area contributed by atoms with Crippen LogP contribution in [0, 0.1) is 0 Å². The molecule has 2 aromatic heterocycles. The number of hydrogen-bond donors (Lipinski definition) is 6. The molecule has 7 N–H and O–H groups in total. The van der Waals surface area contributed by atoms with Crippen molar-refractivity contribution in [2.24, 2.45) is 0 Å². The van der Waals surface area contributed by atoms with Crippen molar-refractivity contribution in [3.8, 4) is 11.1 Å². The molecule has 1 fully saturated rings. The number of ether oxygens (including phenoxy) is 1. The van der Waals surface area contributed by atoms with E-state index in [-0.39, 0.29) is 6.54 Å². The number of phosphoric acid groups is 2. The van der Waals surface area contributed by atoms with Crippen molar-refractivity contribution in [3.63, 3.8) is 0 Å². The smallest absolute Gasteiger partial charge is 0.399 e. The quantitative estimate of drug-likeness (QED) is 0.137. The summed E-state index contributed by atoms with van der Waals surface area (Å²) in [7, 11) is -10.6. The van der Waals surface area contributed by atoms with Crippen molar-refractivity contribution in [2.75, 3.05) is 12.3 Å². The molecule has 210 valence electrons. The number of benzene rings is 1. The summed E-state index contributed by atoms with van der Waals surface area (Å²) in [4.78, 5) is 56.7. The number of aliphatic hydroxyl groups is 2. The number of anilines is 1. The van der Waals surface area contributed by atoms with Gasteiger partial charge in [-0.15, -0.1) is 0 Å². The van der Waals surface area contributed by atoms with Crippen molar-refractivity contribution in [2.45, 2.75) is 31.1 Å². The molecule has 0 spiro atoms. The van der Waals surface area contributed by atoms with Crippen molar-refractivity contribution >= 4 is 21.3 Å². The molecule has 1 saturated heterocycles. The van der Waals surface area contributed by atoms with Gasteiger partial charge < -0.3 is 35.4 Å². The average Bonchev–Trinajstić information content (AvgIpc) is 3.13. The van der Waals surface area contributed by atoms with Crippen LogP contribution >= 0.6 is 15.6 Å². The topological polar surface area (TPSA) is 246 Å². The SMILES string of the molecule is Nc1ccc(-c2ccnc(Cn3c(=O)ccn([C@@H]4O[C@H](COP(=O)(O)OP(=O)(O)O)C(O)C4O)c3=O)c2)cc1. The Morgan fingerprint density at radius 1 is 1.00 bits per heavy atom. The van der Waals surface area contributed by atoms with Crippen molar-refractivity contribution < 1.29 is 47.6 Å². The number of aromatic nitrogens is 3. The highest BCUT2D eigenvalue weighted by Gasteiger charge is 2.46. The van der Waals surface area contributed by atoms with E-state index in [4.69, 9.17) is 20.3 Å². The molecule has 0 saturated carbocycles. The Labute approximate surface area is 219 Å². The molecule has 5 atom stereocenters. The fourth-order valence-corrected chi connectivity index (χ4v) is 5.47. The van der Waals surface area contributed by atoms with Gasteiger partial charge in [0.15, 0.2) is 6.23 Å². The zero-order valence-corrected chi connectivity index (χ0v) is 21.6. The summed E-state index contributed by atoms with van der Waals surface area (Å²) < 4.78 is 37.7. The Hall–Kier alpha value is -3.01. The minimum atomic E-state index is -5.38. The maximum atomic E-state index is 13.2. The van der Waals surface area contributed by atoms with Crippen LogP contribution in [0.3, 0.4) is 0 Å². The van der Waals surface area contributed by atoms with Gasteiger partial charge in [0.25, 0.3) is 5.56 Å². The summed E-state index contributed by atoms with van der Waals surface area (Å²) in [5.41, 5.74) is 6.66. The normalized spacial score (nSPS) is 23.0. The largest absolute Gasteiger partial charge is 0.481 e. The molecule has 0 aliphatic carbocycles. The summed E-state index contributed by atoms with van der Waals surface area (Å²) in [6.07, 6.45) is -4.03. The molecule has 18 heteroatoms. The summed E-state index contributed by atoms with van der Waals surface area (Å²) in [5, 5.41) is 20.8. The first-order valence-corrected chi connectivity index (χ1v) is 14.2. The first-order chi connectivity index (χ1) is 18.2. The molecule has 0 amide bonds. The Bertz CT molecular complexity index is 1550. The summed E-state index contributed by atoms with van der Waals surface area (Å²) in [6.45, 7) is -1.19. The number of aliphatic hydroxyl groups excluding tert-OH is 2. The van der Waals surface area contributed by atoms with Crippen LogP contribution in [0.1, 0.15) is 11.9 Å². The summed E-state index contributed by atoms with van der Waals surface area (Å²) in [6, 6.07) is 11.5. The van der Waals surface area contributed by atoms with E-state index in [0.717, 1.165) is 32.5 Å². The van der Waals surface area contributed by atoms with E-state index in [9.17, 15) is 33.8 Å². The minimum absolute atomic E-state index is 0.243. The predicted octanol–water partition coefficient (Wildman–Crippen LogP) is -0.452. The van der Waals surface area contributed by atoms with Crippen LogP contribution in [-0.4, -0.2) is 63.9 Å². The van der Waals surface area contributed by atoms with Crippen molar-refractivity contribution in [3.05, 3.63) is 81.4 Å². The van der Waals surface area contributed by atoms with E-state index < -0.39 is 58.0 Å². The van der Waals surface area contributed by atoms with Gasteiger partial charge in [-0.25, -0.2) is 13.9 Å². The lowest BCUT2D eigenvalue weighted by Gasteiger charge is -2.19. The van der Waals surface area contributed by atoms with Crippen molar-refractivity contribution in [1.82, 2.24) is 14.1 Å². The van der Waals surface area contributed by atoms with Crippen LogP contribution in [0.15, 0.2) is 64.4 Å². The highest BCUT2D eigenvalue weighted by molar-refractivity contribution is 7.60. The van der Waals surface area contributed by atoms with Crippen LogP contribution in [-0.2, 0) is 29.2 Å². The fraction of sp³-hybridized carbons (Fsp3) is 0.286. The Kier molecular flexibility index (Phi) is 8.35. The van der Waals surface area contributed by atoms with Crippen LogP contribution in [0.2, 0.25) is 0 Å². The third-order valence-electron chi connectivity index (χ3n) is 5.70. The minimum Gasteiger partial charge on any atom is -0.399 e. The predicted molar refractivity (Wildman–Crippen MR) is 133 cm³/mol. The molecular formula is C21H24N4O12P2. The van der Waals surface area contributed by atoms with Gasteiger partial charge in [-0.05, 0) is 35.4 Å². The molecule has 3 heterocycles. The Morgan fingerprint density at radius 2 is 1.69 bits per heavy atom. The lowest BCUT2D eigenvalue weighted by Crippen LogP contribution is -2.43. The molecule has 0 radical (unpaired) electrons. The van der Waals surface area contributed by atoms with E-state index in [1.54, 1.807) is 36.4 Å². The first kappa shape index (κ1) is 29.0. The Balaban J connectivity index is 1.55. The number of nitrogens with zero attached hydrogens (tertiary/aromatic N) is 3. The molecule has 39 heavy (non-hydrogen) atoms. The van der Waals surface area contributed by atoms with Gasteiger partial charge in [0.2, 0.25) is 0 Å². The second-order valence-electron chi connectivity index (χ2n) is 8.47. The van der Waals surface area contributed by atoms with E-state index in [1.165, 1.54) is 6.20 Å². The lowest BCUT2D eigenvalue weighted by molar-refractivity contribution is -0.0547. The van der Waals surface area contributed by atoms with Gasteiger partial charge in [0, 0.05) is 24.1 Å². The van der Waals surface area contributed by atoms with E-state index >= 15 is 0 Å². The summed E-state index contributed by atoms with van der Waals surface area (Å²) in [5.74, 6) is 0. The molecular weight excluding hydrogens is 562 g/mol. The monoisotopic (exact) mass is 586 g/mol. The van der Waals surface area contributed by atoms with Crippen LogP contribution in [0.4, 0.5) is 5.69 Å². The number of pyridine rings is 1. The van der Waals surface area contributed by atoms with E-state index in [1.807, 2.05) is 0 Å². The summed E-state index contributed by atoms with van der Waals surface area (Å²) >= 11 is 0. The van der Waals surface area contributed by atoms with E-state index in [2.05, 4.69) is 13.8 Å². The van der Waals surface area contributed by atoms with Crippen LogP contribution in [0.25, 0.3) is 11.1 Å². The second-order valence-corrected chi connectivity index (χ2v) is 11.3. The average molecular weight is 586 g/mol. The molecule has 4 rings (SSSR count). The standard InChI is InChI=1S/C21H24N4O12P2/c22-14-3-1-12(2-4-14)13-5-7-23-15(9-13)10-25-17(26)6-8-24(21(25)29)20-19(28)18(27)16(36-20)11-35-39(33,34)37-38(30,31)32/h1-9,16,18-20,27-28H,10-11,22H2,(H,33,34)(H2,30,31,32)/t16-,18?,19?,20-/m1/s1. The number of hydrogen-bond acceptors (Lipinski definition) is 11. The van der Waals surface area contributed by atoms with Gasteiger partial charge in [-0.1, -0.05) is 12.1 Å². The fourth-order valence-electron chi connectivity index (χ4n) is 3.87. The van der Waals surface area contributed by atoms with Gasteiger partial charge in [0.1, 0.15) is 18.3 Å². The van der Waals surface area contributed by atoms with Crippen LogP contribution in [0.5, 0.6) is 0 Å². The van der Waals surface area contributed by atoms with Gasteiger partial charge in [-0.2, -0.15) is 4.31 Å². The molecule has 16 nitrogen and oxygen atoms in total. The third-order valence-corrected chi connectivity index (χ3v) is 7.85. The van der Waals surface area contributed by atoms with Gasteiger partial charge in [0.05, 0.1) is 18.8 Å². The molecule has 1 aliphatic heterocycles. The zero-order valence-electron chi connectivity index (χ0n) is 19.8. The number of rotatable bonds is 9. The lowest BCUT2D eigenvalue weighted by atomic mass is 10.1. The van der Waals surface area contributed by atoms with Gasteiger partial charge in [-0.3, -0.25) is 23.4 Å². The molecule has 1 aromatic carbocycles. The zero-order chi connectivity index (χ0) is 28.5. The van der Waals surface area contributed by atoms with E-state index in [0.29, 0.717) is 11.4 Å². The number of phosphoric ester groups is 1. The number of nitrogens with two attached hydrogens (primary N) is 1. The Morgan fingerprint density at radius 3 is 2.36 bits per heavy atom. The molecule has 0 bridgehead atoms. The maximum Gasteiger partial charge on any atom is 0.481 e. The molecule has 3 aromatic rings. The maximum absolute atomic E-state index is 13.2. The van der Waals surface area contributed by atoms with Gasteiger partial charge >= 0.3 is 21.3 Å². The third kappa shape index (κ3) is 6.96. The molecule has 3 unspecified atom stereocenters. The second kappa shape index (κ2) is 11.2. The van der Waals surface area contributed by atoms with Crippen molar-refractivity contribution in [1.29, 1.82) is 0 Å². The first-order valence-electron chi connectivity index (χ1n) is 11.1. The highest BCUT2D eigenvalue weighted by atomic mass is 31.3. The molecule has 1 aliphatic rings. The highest BCUT2D eigenvalue weighted by Crippen LogP contribution is 2.57. The number of nitrogen functional groups attached to an aromatic ring is 1.